The number of benzene rings is 1. The average Bonchev–Trinajstić information content (AvgIpc) is 3.21. The van der Waals surface area contributed by atoms with E-state index >= 15 is 0 Å². The topological polar surface area (TPSA) is 15.3 Å². The summed E-state index contributed by atoms with van der Waals surface area (Å²) in [5.41, 5.74) is 1.58. The predicted octanol–water partition coefficient (Wildman–Crippen LogP) is 2.96. The fourth-order valence-corrected chi connectivity index (χ4v) is 2.19. The van der Waals surface area contributed by atoms with Crippen LogP contribution in [0.2, 0.25) is 0 Å². The quantitative estimate of drug-likeness (QED) is 0.791. The van der Waals surface area contributed by atoms with Gasteiger partial charge in [0.2, 0.25) is 0 Å². The summed E-state index contributed by atoms with van der Waals surface area (Å²) in [4.78, 5) is 1.97. The number of anilines is 1. The Bertz CT molecular complexity index is 474. The maximum atomic E-state index is 14.3. The molecule has 0 heterocycles. The van der Waals surface area contributed by atoms with Gasteiger partial charge in [-0.05, 0) is 50.4 Å². The molecule has 2 rings (SSSR count). The van der Waals surface area contributed by atoms with Crippen LogP contribution >= 0.6 is 0 Å². The second kappa shape index (κ2) is 6.08. The number of terminal acetylenes is 1. The zero-order chi connectivity index (χ0) is 13.8. The molecule has 3 heteroatoms. The highest BCUT2D eigenvalue weighted by molar-refractivity contribution is 5.50. The minimum atomic E-state index is -0.185. The Morgan fingerprint density at radius 2 is 2.26 bits per heavy atom. The van der Waals surface area contributed by atoms with Gasteiger partial charge >= 0.3 is 0 Å². The molecule has 0 saturated heterocycles. The van der Waals surface area contributed by atoms with Crippen LogP contribution in [0.1, 0.15) is 31.4 Å². The van der Waals surface area contributed by atoms with Gasteiger partial charge in [0, 0.05) is 12.6 Å². The molecular formula is C16H21FN2. The molecular weight excluding hydrogens is 239 g/mol. The summed E-state index contributed by atoms with van der Waals surface area (Å²) in [6, 6.07) is 5.56. The highest BCUT2D eigenvalue weighted by Gasteiger charge is 2.25. The first kappa shape index (κ1) is 13.9. The first-order chi connectivity index (χ1) is 9.15. The van der Waals surface area contributed by atoms with Crippen molar-refractivity contribution in [1.29, 1.82) is 0 Å². The summed E-state index contributed by atoms with van der Waals surface area (Å²) in [7, 11) is 1.87. The van der Waals surface area contributed by atoms with E-state index in [1.54, 1.807) is 6.07 Å². The van der Waals surface area contributed by atoms with Gasteiger partial charge < -0.3 is 10.2 Å². The molecule has 1 fully saturated rings. The Kier molecular flexibility index (Phi) is 4.44. The van der Waals surface area contributed by atoms with Crippen LogP contribution in [-0.2, 0) is 0 Å². The Labute approximate surface area is 115 Å². The summed E-state index contributed by atoms with van der Waals surface area (Å²) >= 11 is 0. The van der Waals surface area contributed by atoms with Crippen molar-refractivity contribution in [2.75, 3.05) is 25.0 Å². The largest absolute Gasteiger partial charge is 0.358 e. The first-order valence-electron chi connectivity index (χ1n) is 6.80. The van der Waals surface area contributed by atoms with Gasteiger partial charge in [-0.25, -0.2) is 4.39 Å². The fourth-order valence-electron chi connectivity index (χ4n) is 2.19. The molecule has 0 amide bonds. The summed E-state index contributed by atoms with van der Waals surface area (Å²) in [5, 5.41) is 3.11. The lowest BCUT2D eigenvalue weighted by Gasteiger charge is -2.23. The molecule has 1 unspecified atom stereocenters. The van der Waals surface area contributed by atoms with Crippen LogP contribution in [0, 0.1) is 24.1 Å². The van der Waals surface area contributed by atoms with E-state index in [4.69, 9.17) is 6.42 Å². The molecule has 0 spiro atoms. The van der Waals surface area contributed by atoms with Crippen LogP contribution in [0.3, 0.4) is 0 Å². The summed E-state index contributed by atoms with van der Waals surface area (Å²) < 4.78 is 14.3. The van der Waals surface area contributed by atoms with Crippen molar-refractivity contribution in [3.63, 3.8) is 0 Å². The van der Waals surface area contributed by atoms with E-state index < -0.39 is 0 Å². The molecule has 2 nitrogen and oxygen atoms in total. The third-order valence-corrected chi connectivity index (χ3v) is 3.70. The van der Waals surface area contributed by atoms with Crippen molar-refractivity contribution < 1.29 is 4.39 Å². The molecule has 1 atom stereocenters. The highest BCUT2D eigenvalue weighted by atomic mass is 19.1. The molecule has 0 aliphatic heterocycles. The van der Waals surface area contributed by atoms with Gasteiger partial charge in [-0.15, -0.1) is 6.42 Å². The van der Waals surface area contributed by atoms with E-state index in [1.165, 1.54) is 12.8 Å². The van der Waals surface area contributed by atoms with Gasteiger partial charge in [-0.2, -0.15) is 0 Å². The number of rotatable bonds is 6. The Hall–Kier alpha value is -1.53. The Morgan fingerprint density at radius 1 is 1.53 bits per heavy atom. The second-order valence-corrected chi connectivity index (χ2v) is 5.25. The standard InChI is InChI=1S/C16H21FN2/c1-4-9-19(11-13-5-6-13)16-8-7-14(10-15(16)17)12(2)18-3/h1,7-8,10,12-13,18H,5-6,9,11H2,2-3H3. The van der Waals surface area contributed by atoms with Crippen molar-refractivity contribution in [3.8, 4) is 12.3 Å². The van der Waals surface area contributed by atoms with Gasteiger partial charge in [0.15, 0.2) is 0 Å². The number of hydrogen-bond donors (Lipinski definition) is 1. The van der Waals surface area contributed by atoms with Crippen molar-refractivity contribution in [3.05, 3.63) is 29.6 Å². The number of nitrogens with zero attached hydrogens (tertiary/aromatic N) is 1. The molecule has 102 valence electrons. The van der Waals surface area contributed by atoms with Crippen LogP contribution in [0.25, 0.3) is 0 Å². The predicted molar refractivity (Wildman–Crippen MR) is 77.6 cm³/mol. The summed E-state index contributed by atoms with van der Waals surface area (Å²) in [6.07, 6.45) is 7.86. The normalized spacial score (nSPS) is 15.9. The Balaban J connectivity index is 2.19. The van der Waals surface area contributed by atoms with Gasteiger partial charge in [0.25, 0.3) is 0 Å². The smallest absolute Gasteiger partial charge is 0.146 e. The fraction of sp³-hybridized carbons (Fsp3) is 0.500. The molecule has 1 aromatic rings. The van der Waals surface area contributed by atoms with Gasteiger partial charge in [0.05, 0.1) is 12.2 Å². The van der Waals surface area contributed by atoms with Crippen molar-refractivity contribution in [2.24, 2.45) is 5.92 Å². The molecule has 19 heavy (non-hydrogen) atoms. The van der Waals surface area contributed by atoms with Crippen LogP contribution in [0.4, 0.5) is 10.1 Å². The molecule has 1 aromatic carbocycles. The molecule has 1 N–H and O–H groups in total. The zero-order valence-corrected chi connectivity index (χ0v) is 11.6. The second-order valence-electron chi connectivity index (χ2n) is 5.25. The third kappa shape index (κ3) is 3.48. The summed E-state index contributed by atoms with van der Waals surface area (Å²) in [6.45, 7) is 3.34. The highest BCUT2D eigenvalue weighted by Crippen LogP contribution is 2.32. The molecule has 1 aliphatic rings. The number of halogens is 1. The molecule has 1 aliphatic carbocycles. The van der Waals surface area contributed by atoms with E-state index in [0.29, 0.717) is 18.2 Å². The third-order valence-electron chi connectivity index (χ3n) is 3.70. The summed E-state index contributed by atoms with van der Waals surface area (Å²) in [5.74, 6) is 3.12. The van der Waals surface area contributed by atoms with Crippen LogP contribution < -0.4 is 10.2 Å². The lowest BCUT2D eigenvalue weighted by molar-refractivity contribution is 0.601. The van der Waals surface area contributed by atoms with E-state index in [1.807, 2.05) is 31.0 Å². The van der Waals surface area contributed by atoms with Crippen LogP contribution in [-0.4, -0.2) is 20.1 Å². The van der Waals surface area contributed by atoms with Crippen LogP contribution in [0.15, 0.2) is 18.2 Å². The SMILES string of the molecule is C#CCN(CC1CC1)c1ccc(C(C)NC)cc1F. The van der Waals surface area contributed by atoms with Crippen molar-refractivity contribution in [2.45, 2.75) is 25.8 Å². The minimum absolute atomic E-state index is 0.146. The number of hydrogen-bond acceptors (Lipinski definition) is 2. The van der Waals surface area contributed by atoms with Crippen molar-refractivity contribution in [1.82, 2.24) is 5.32 Å². The van der Waals surface area contributed by atoms with Gasteiger partial charge in [-0.3, -0.25) is 0 Å². The molecule has 0 bridgehead atoms. The van der Waals surface area contributed by atoms with E-state index in [-0.39, 0.29) is 11.9 Å². The monoisotopic (exact) mass is 260 g/mol. The lowest BCUT2D eigenvalue weighted by atomic mass is 10.1. The van der Waals surface area contributed by atoms with Crippen LogP contribution in [0.5, 0.6) is 0 Å². The van der Waals surface area contributed by atoms with Crippen molar-refractivity contribution >= 4 is 5.69 Å². The molecule has 0 radical (unpaired) electrons. The van der Waals surface area contributed by atoms with E-state index in [0.717, 1.165) is 12.1 Å². The first-order valence-corrected chi connectivity index (χ1v) is 6.80. The molecule has 0 aromatic heterocycles. The maximum absolute atomic E-state index is 14.3. The lowest BCUT2D eigenvalue weighted by Crippen LogP contribution is -2.27. The number of nitrogens with one attached hydrogen (secondary N) is 1. The van der Waals surface area contributed by atoms with E-state index in [2.05, 4.69) is 11.2 Å². The molecule has 1 saturated carbocycles. The maximum Gasteiger partial charge on any atom is 0.146 e. The van der Waals surface area contributed by atoms with Gasteiger partial charge in [0.1, 0.15) is 5.82 Å². The van der Waals surface area contributed by atoms with Gasteiger partial charge in [-0.1, -0.05) is 12.0 Å². The minimum Gasteiger partial charge on any atom is -0.358 e. The van der Waals surface area contributed by atoms with E-state index in [9.17, 15) is 4.39 Å². The Morgan fingerprint density at radius 3 is 2.79 bits per heavy atom. The average molecular weight is 260 g/mol. The zero-order valence-electron chi connectivity index (χ0n) is 11.6.